The van der Waals surface area contributed by atoms with Gasteiger partial charge in [-0.25, -0.2) is 0 Å². The van der Waals surface area contributed by atoms with Crippen LogP contribution in [0, 0.1) is 0 Å². The summed E-state index contributed by atoms with van der Waals surface area (Å²) in [5, 5.41) is 2.37. The molecule has 3 aromatic carbocycles. The number of benzene rings is 3. The lowest BCUT2D eigenvalue weighted by molar-refractivity contribution is 0.587. The standard InChI is InChI=1S/C22H20O/c1-22(2,3)16-12-13-18-19-11-7-10-17(15-8-5-4-6-9-15)21(19)23-20(18)14-16/h4-14H,1-3H3. The fraction of sp³-hybridized carbons (Fsp3) is 0.182. The maximum atomic E-state index is 6.27. The Labute approximate surface area is 136 Å². The predicted octanol–water partition coefficient (Wildman–Crippen LogP) is 6.55. The summed E-state index contributed by atoms with van der Waals surface area (Å²) in [7, 11) is 0. The van der Waals surface area contributed by atoms with Crippen molar-refractivity contribution in [3.05, 3.63) is 72.3 Å². The molecule has 0 amide bonds. The minimum Gasteiger partial charge on any atom is -0.455 e. The fourth-order valence-electron chi connectivity index (χ4n) is 3.11. The summed E-state index contributed by atoms with van der Waals surface area (Å²) in [6.07, 6.45) is 0. The Kier molecular flexibility index (Phi) is 3.05. The molecule has 0 aliphatic carbocycles. The molecule has 0 bridgehead atoms. The third-order valence-electron chi connectivity index (χ3n) is 4.45. The number of furan rings is 1. The highest BCUT2D eigenvalue weighted by Crippen LogP contribution is 2.37. The van der Waals surface area contributed by atoms with Crippen LogP contribution in [0.1, 0.15) is 26.3 Å². The SMILES string of the molecule is CC(C)(C)c1ccc2c(c1)oc1c(-c3ccccc3)cccc12. The highest BCUT2D eigenvalue weighted by Gasteiger charge is 2.17. The van der Waals surface area contributed by atoms with Crippen molar-refractivity contribution in [2.75, 3.05) is 0 Å². The van der Waals surface area contributed by atoms with Gasteiger partial charge in [-0.2, -0.15) is 0 Å². The molecule has 0 saturated carbocycles. The van der Waals surface area contributed by atoms with Gasteiger partial charge in [0.15, 0.2) is 0 Å². The van der Waals surface area contributed by atoms with Crippen LogP contribution in [-0.2, 0) is 5.41 Å². The molecule has 0 fully saturated rings. The van der Waals surface area contributed by atoms with Gasteiger partial charge < -0.3 is 4.42 Å². The molecule has 0 unspecified atom stereocenters. The van der Waals surface area contributed by atoms with Gasteiger partial charge in [0.25, 0.3) is 0 Å². The molecular weight excluding hydrogens is 280 g/mol. The third-order valence-corrected chi connectivity index (χ3v) is 4.45. The van der Waals surface area contributed by atoms with Gasteiger partial charge in [0, 0.05) is 16.3 Å². The number of hydrogen-bond acceptors (Lipinski definition) is 1. The molecule has 0 atom stereocenters. The van der Waals surface area contributed by atoms with E-state index in [0.717, 1.165) is 16.7 Å². The van der Waals surface area contributed by atoms with Crippen molar-refractivity contribution >= 4 is 21.9 Å². The first-order valence-corrected chi connectivity index (χ1v) is 8.05. The average molecular weight is 300 g/mol. The minimum atomic E-state index is 0.120. The molecule has 0 aliphatic heterocycles. The topological polar surface area (TPSA) is 13.1 Å². The second-order valence-corrected chi connectivity index (χ2v) is 7.11. The first-order chi connectivity index (χ1) is 11.0. The zero-order valence-electron chi connectivity index (χ0n) is 13.8. The van der Waals surface area contributed by atoms with Gasteiger partial charge in [0.2, 0.25) is 0 Å². The van der Waals surface area contributed by atoms with Gasteiger partial charge in [-0.3, -0.25) is 0 Å². The van der Waals surface area contributed by atoms with E-state index in [2.05, 4.69) is 81.4 Å². The first-order valence-electron chi connectivity index (χ1n) is 8.05. The van der Waals surface area contributed by atoms with E-state index in [0.29, 0.717) is 0 Å². The second-order valence-electron chi connectivity index (χ2n) is 7.11. The lowest BCUT2D eigenvalue weighted by atomic mass is 9.86. The van der Waals surface area contributed by atoms with Crippen LogP contribution in [0.15, 0.2) is 71.1 Å². The highest BCUT2D eigenvalue weighted by atomic mass is 16.3. The quantitative estimate of drug-likeness (QED) is 0.388. The van der Waals surface area contributed by atoms with Crippen molar-refractivity contribution in [2.24, 2.45) is 0 Å². The summed E-state index contributed by atoms with van der Waals surface area (Å²) < 4.78 is 6.27. The van der Waals surface area contributed by atoms with Gasteiger partial charge in [-0.15, -0.1) is 0 Å². The summed E-state index contributed by atoms with van der Waals surface area (Å²) in [5.74, 6) is 0. The van der Waals surface area contributed by atoms with Crippen molar-refractivity contribution in [1.29, 1.82) is 0 Å². The largest absolute Gasteiger partial charge is 0.455 e. The van der Waals surface area contributed by atoms with Crippen LogP contribution >= 0.6 is 0 Å². The minimum absolute atomic E-state index is 0.120. The molecule has 114 valence electrons. The van der Waals surface area contributed by atoms with E-state index in [1.165, 1.54) is 21.9 Å². The van der Waals surface area contributed by atoms with Crippen molar-refractivity contribution in [3.63, 3.8) is 0 Å². The molecule has 1 nitrogen and oxygen atoms in total. The van der Waals surface area contributed by atoms with Crippen LogP contribution < -0.4 is 0 Å². The Hall–Kier alpha value is -2.54. The van der Waals surface area contributed by atoms with Gasteiger partial charge in [0.05, 0.1) is 0 Å². The molecule has 0 saturated heterocycles. The van der Waals surface area contributed by atoms with E-state index < -0.39 is 0 Å². The summed E-state index contributed by atoms with van der Waals surface area (Å²) in [5.41, 5.74) is 5.70. The smallest absolute Gasteiger partial charge is 0.143 e. The third kappa shape index (κ3) is 2.33. The maximum Gasteiger partial charge on any atom is 0.143 e. The molecule has 4 rings (SSSR count). The zero-order valence-corrected chi connectivity index (χ0v) is 13.8. The summed E-state index contributed by atoms with van der Waals surface area (Å²) >= 11 is 0. The molecule has 0 spiro atoms. The van der Waals surface area contributed by atoms with Crippen molar-refractivity contribution in [1.82, 2.24) is 0 Å². The molecule has 4 aromatic rings. The summed E-state index contributed by atoms with van der Waals surface area (Å²) in [6.45, 7) is 6.69. The van der Waals surface area contributed by atoms with Gasteiger partial charge in [-0.05, 0) is 22.6 Å². The van der Waals surface area contributed by atoms with Crippen LogP contribution in [0.4, 0.5) is 0 Å². The second kappa shape index (κ2) is 4.99. The number of para-hydroxylation sites is 1. The Bertz CT molecular complexity index is 985. The van der Waals surface area contributed by atoms with Crippen LogP contribution in [0.25, 0.3) is 33.1 Å². The van der Waals surface area contributed by atoms with Crippen molar-refractivity contribution in [3.8, 4) is 11.1 Å². The van der Waals surface area contributed by atoms with Crippen LogP contribution in [0.3, 0.4) is 0 Å². The molecule has 1 heterocycles. The normalized spacial score (nSPS) is 12.1. The lowest BCUT2D eigenvalue weighted by Gasteiger charge is -2.18. The Morgan fingerprint density at radius 3 is 2.26 bits per heavy atom. The summed E-state index contributed by atoms with van der Waals surface area (Å²) in [4.78, 5) is 0. The van der Waals surface area contributed by atoms with Crippen LogP contribution in [0.2, 0.25) is 0 Å². The summed E-state index contributed by atoms with van der Waals surface area (Å²) in [6, 6.07) is 23.4. The maximum absolute atomic E-state index is 6.27. The van der Waals surface area contributed by atoms with E-state index in [-0.39, 0.29) is 5.41 Å². The van der Waals surface area contributed by atoms with E-state index in [4.69, 9.17) is 4.42 Å². The van der Waals surface area contributed by atoms with E-state index in [1.54, 1.807) is 0 Å². The Morgan fingerprint density at radius 1 is 0.739 bits per heavy atom. The molecule has 23 heavy (non-hydrogen) atoms. The number of fused-ring (bicyclic) bond motifs is 3. The number of rotatable bonds is 1. The molecule has 1 heteroatoms. The van der Waals surface area contributed by atoms with Crippen molar-refractivity contribution in [2.45, 2.75) is 26.2 Å². The molecule has 0 N–H and O–H groups in total. The fourth-order valence-corrected chi connectivity index (χ4v) is 3.11. The monoisotopic (exact) mass is 300 g/mol. The van der Waals surface area contributed by atoms with E-state index in [9.17, 15) is 0 Å². The van der Waals surface area contributed by atoms with Crippen LogP contribution in [0.5, 0.6) is 0 Å². The molecule has 1 aromatic heterocycles. The average Bonchev–Trinajstić information content (AvgIpc) is 2.92. The lowest BCUT2D eigenvalue weighted by Crippen LogP contribution is -2.10. The van der Waals surface area contributed by atoms with Crippen LogP contribution in [-0.4, -0.2) is 0 Å². The van der Waals surface area contributed by atoms with Gasteiger partial charge in [0.1, 0.15) is 11.2 Å². The molecular formula is C22H20O. The van der Waals surface area contributed by atoms with E-state index >= 15 is 0 Å². The predicted molar refractivity (Wildman–Crippen MR) is 97.9 cm³/mol. The van der Waals surface area contributed by atoms with Gasteiger partial charge in [-0.1, -0.05) is 81.4 Å². The zero-order chi connectivity index (χ0) is 16.0. The highest BCUT2D eigenvalue weighted by molar-refractivity contribution is 6.09. The number of hydrogen-bond donors (Lipinski definition) is 0. The Morgan fingerprint density at radius 2 is 1.52 bits per heavy atom. The van der Waals surface area contributed by atoms with Gasteiger partial charge >= 0.3 is 0 Å². The molecule has 0 radical (unpaired) electrons. The Balaban J connectivity index is 2.01. The van der Waals surface area contributed by atoms with Crippen molar-refractivity contribution < 1.29 is 4.42 Å². The van der Waals surface area contributed by atoms with E-state index in [1.807, 2.05) is 6.07 Å². The first kappa shape index (κ1) is 14.1. The molecule has 0 aliphatic rings.